The van der Waals surface area contributed by atoms with E-state index >= 15 is 0 Å². The maximum absolute atomic E-state index is 11.2. The molecule has 0 aliphatic heterocycles. The first-order chi connectivity index (χ1) is 7.41. The van der Waals surface area contributed by atoms with Crippen molar-refractivity contribution in [2.24, 2.45) is 5.73 Å². The third-order valence-corrected chi connectivity index (χ3v) is 3.06. The van der Waals surface area contributed by atoms with Crippen LogP contribution in [0.5, 0.6) is 0 Å². The second kappa shape index (κ2) is 5.04. The molecule has 6 nitrogen and oxygen atoms in total. The average Bonchev–Trinajstić information content (AvgIpc) is 2.65. The van der Waals surface area contributed by atoms with E-state index < -0.39 is 23.0 Å². The van der Waals surface area contributed by atoms with Crippen LogP contribution in [0.4, 0.5) is 5.00 Å². The molecule has 0 radical (unpaired) electrons. The van der Waals surface area contributed by atoms with Crippen molar-refractivity contribution >= 4 is 22.3 Å². The SMILES string of the molecule is CC(OC(=O)[C@H](C)N)c1ccc([N+](=O)[O-])s1. The van der Waals surface area contributed by atoms with Gasteiger partial charge in [-0.2, -0.15) is 0 Å². The molecular weight excluding hydrogens is 232 g/mol. The molecule has 16 heavy (non-hydrogen) atoms. The number of ether oxygens (including phenoxy) is 1. The molecule has 0 saturated heterocycles. The molecule has 1 aromatic rings. The van der Waals surface area contributed by atoms with Gasteiger partial charge in [0, 0.05) is 6.07 Å². The molecule has 1 heterocycles. The number of esters is 1. The Bertz CT molecular complexity index is 402. The number of carbonyl (C=O) groups excluding carboxylic acids is 1. The molecule has 0 aromatic carbocycles. The van der Waals surface area contributed by atoms with Gasteiger partial charge < -0.3 is 10.5 Å². The van der Waals surface area contributed by atoms with Crippen LogP contribution in [0.2, 0.25) is 0 Å². The van der Waals surface area contributed by atoms with Gasteiger partial charge in [0.1, 0.15) is 12.1 Å². The third kappa shape index (κ3) is 3.01. The number of carbonyl (C=O) groups is 1. The number of nitrogens with zero attached hydrogens (tertiary/aromatic N) is 1. The number of nitrogens with two attached hydrogens (primary N) is 1. The summed E-state index contributed by atoms with van der Waals surface area (Å²) in [6.45, 7) is 3.17. The summed E-state index contributed by atoms with van der Waals surface area (Å²) in [6, 6.07) is 2.26. The van der Waals surface area contributed by atoms with Crippen LogP contribution in [0, 0.1) is 10.1 Å². The normalized spacial score (nSPS) is 14.2. The Hall–Kier alpha value is -1.47. The van der Waals surface area contributed by atoms with Gasteiger partial charge >= 0.3 is 11.0 Å². The van der Waals surface area contributed by atoms with Crippen molar-refractivity contribution in [3.63, 3.8) is 0 Å². The maximum Gasteiger partial charge on any atom is 0.324 e. The largest absolute Gasteiger partial charge is 0.456 e. The van der Waals surface area contributed by atoms with Gasteiger partial charge in [-0.3, -0.25) is 14.9 Å². The molecule has 1 rings (SSSR count). The zero-order valence-electron chi connectivity index (χ0n) is 8.88. The van der Waals surface area contributed by atoms with Crippen molar-refractivity contribution in [2.75, 3.05) is 0 Å². The van der Waals surface area contributed by atoms with Crippen LogP contribution in [0.25, 0.3) is 0 Å². The van der Waals surface area contributed by atoms with E-state index in [4.69, 9.17) is 10.5 Å². The third-order valence-electron chi connectivity index (χ3n) is 1.86. The first-order valence-corrected chi connectivity index (χ1v) is 5.43. The fraction of sp³-hybridized carbons (Fsp3) is 0.444. The van der Waals surface area contributed by atoms with E-state index in [9.17, 15) is 14.9 Å². The number of hydrogen-bond donors (Lipinski definition) is 1. The topological polar surface area (TPSA) is 95.5 Å². The highest BCUT2D eigenvalue weighted by molar-refractivity contribution is 7.15. The average molecular weight is 244 g/mol. The summed E-state index contributed by atoms with van der Waals surface area (Å²) in [5, 5.41) is 10.5. The maximum atomic E-state index is 11.2. The van der Waals surface area contributed by atoms with Gasteiger partial charge in [0.2, 0.25) is 0 Å². The highest BCUT2D eigenvalue weighted by Crippen LogP contribution is 2.30. The van der Waals surface area contributed by atoms with E-state index in [2.05, 4.69) is 0 Å². The first-order valence-electron chi connectivity index (χ1n) is 4.62. The van der Waals surface area contributed by atoms with Crippen molar-refractivity contribution in [1.29, 1.82) is 0 Å². The molecule has 7 heteroatoms. The summed E-state index contributed by atoms with van der Waals surface area (Å²) in [7, 11) is 0. The van der Waals surface area contributed by atoms with E-state index in [1.54, 1.807) is 13.0 Å². The lowest BCUT2D eigenvalue weighted by atomic mass is 10.3. The van der Waals surface area contributed by atoms with Crippen LogP contribution >= 0.6 is 11.3 Å². The molecule has 0 spiro atoms. The minimum atomic E-state index is -0.697. The lowest BCUT2D eigenvalue weighted by Crippen LogP contribution is -2.29. The highest BCUT2D eigenvalue weighted by atomic mass is 32.1. The van der Waals surface area contributed by atoms with Gasteiger partial charge in [-0.25, -0.2) is 0 Å². The Kier molecular flexibility index (Phi) is 3.97. The molecule has 2 atom stereocenters. The fourth-order valence-corrected chi connectivity index (χ4v) is 1.80. The van der Waals surface area contributed by atoms with Crippen LogP contribution in [0.3, 0.4) is 0 Å². The lowest BCUT2D eigenvalue weighted by molar-refractivity contribution is -0.380. The number of rotatable bonds is 4. The zero-order valence-corrected chi connectivity index (χ0v) is 9.69. The van der Waals surface area contributed by atoms with E-state index in [0.29, 0.717) is 4.88 Å². The molecule has 0 aliphatic carbocycles. The summed E-state index contributed by atoms with van der Waals surface area (Å²) in [5.74, 6) is -0.524. The summed E-state index contributed by atoms with van der Waals surface area (Å²) >= 11 is 0.986. The molecule has 0 fully saturated rings. The zero-order chi connectivity index (χ0) is 12.3. The molecule has 0 saturated carbocycles. The van der Waals surface area contributed by atoms with Crippen LogP contribution in [-0.4, -0.2) is 16.9 Å². The Labute approximate surface area is 96.2 Å². The van der Waals surface area contributed by atoms with Gasteiger partial charge in [0.05, 0.1) is 9.80 Å². The standard InChI is InChI=1S/C9H12N2O4S/c1-5(10)9(12)15-6(2)7-3-4-8(16-7)11(13)14/h3-6H,10H2,1-2H3/t5-,6?/m0/s1. The molecule has 0 amide bonds. The fourth-order valence-electron chi connectivity index (χ4n) is 0.998. The second-order valence-corrected chi connectivity index (χ2v) is 4.39. The molecule has 88 valence electrons. The minimum Gasteiger partial charge on any atom is -0.456 e. The molecular formula is C9H12N2O4S. The Morgan fingerprint density at radius 3 is 2.62 bits per heavy atom. The van der Waals surface area contributed by atoms with Crippen LogP contribution in [0.15, 0.2) is 12.1 Å². The lowest BCUT2D eigenvalue weighted by Gasteiger charge is -2.12. The van der Waals surface area contributed by atoms with Gasteiger partial charge in [0.25, 0.3) is 0 Å². The van der Waals surface area contributed by atoms with E-state index in [1.165, 1.54) is 13.0 Å². The van der Waals surface area contributed by atoms with E-state index in [1.807, 2.05) is 0 Å². The second-order valence-electron chi connectivity index (χ2n) is 3.30. The Balaban J connectivity index is 2.69. The van der Waals surface area contributed by atoms with Crippen LogP contribution in [0.1, 0.15) is 24.8 Å². The van der Waals surface area contributed by atoms with Crippen LogP contribution < -0.4 is 5.73 Å². The molecule has 0 bridgehead atoms. The summed E-state index contributed by atoms with van der Waals surface area (Å²) in [4.78, 5) is 21.8. The Morgan fingerprint density at radius 2 is 2.19 bits per heavy atom. The van der Waals surface area contributed by atoms with Crippen molar-refractivity contribution in [1.82, 2.24) is 0 Å². The first kappa shape index (κ1) is 12.6. The van der Waals surface area contributed by atoms with Gasteiger partial charge in [-0.1, -0.05) is 11.3 Å². The smallest absolute Gasteiger partial charge is 0.324 e. The number of thiophene rings is 1. The Morgan fingerprint density at radius 1 is 1.56 bits per heavy atom. The molecule has 0 aliphatic rings. The van der Waals surface area contributed by atoms with Gasteiger partial charge in [-0.15, -0.1) is 0 Å². The van der Waals surface area contributed by atoms with Gasteiger partial charge in [-0.05, 0) is 19.9 Å². The predicted octanol–water partition coefficient (Wildman–Crippen LogP) is 1.61. The predicted molar refractivity (Wildman–Crippen MR) is 59.1 cm³/mol. The summed E-state index contributed by atoms with van der Waals surface area (Å²) in [6.07, 6.45) is -0.516. The number of hydrogen-bond acceptors (Lipinski definition) is 6. The van der Waals surface area contributed by atoms with E-state index in [0.717, 1.165) is 11.3 Å². The molecule has 1 unspecified atom stereocenters. The van der Waals surface area contributed by atoms with Crippen molar-refractivity contribution < 1.29 is 14.5 Å². The highest BCUT2D eigenvalue weighted by Gasteiger charge is 2.19. The van der Waals surface area contributed by atoms with Crippen molar-refractivity contribution in [2.45, 2.75) is 26.0 Å². The monoisotopic (exact) mass is 244 g/mol. The summed E-state index contributed by atoms with van der Waals surface area (Å²) in [5.41, 5.74) is 5.34. The molecule has 1 aromatic heterocycles. The number of nitro groups is 1. The van der Waals surface area contributed by atoms with Crippen LogP contribution in [-0.2, 0) is 9.53 Å². The quantitative estimate of drug-likeness (QED) is 0.493. The van der Waals surface area contributed by atoms with Crippen molar-refractivity contribution in [3.8, 4) is 0 Å². The minimum absolute atomic E-state index is 0.0266. The van der Waals surface area contributed by atoms with Crippen molar-refractivity contribution in [3.05, 3.63) is 27.1 Å². The summed E-state index contributed by atoms with van der Waals surface area (Å²) < 4.78 is 5.01. The van der Waals surface area contributed by atoms with Gasteiger partial charge in [0.15, 0.2) is 0 Å². The molecule has 2 N–H and O–H groups in total. The van der Waals surface area contributed by atoms with E-state index in [-0.39, 0.29) is 5.00 Å².